The van der Waals surface area contributed by atoms with E-state index in [0.29, 0.717) is 6.42 Å². The van der Waals surface area contributed by atoms with Gasteiger partial charge in [0.25, 0.3) is 0 Å². The lowest BCUT2D eigenvalue weighted by Crippen LogP contribution is -2.30. The smallest absolute Gasteiger partial charge is 0.216 e. The SMILES string of the molecule is C=C1CCC([N+](=O)[O-])C(C)C1. The van der Waals surface area contributed by atoms with Gasteiger partial charge in [-0.05, 0) is 12.8 Å². The first-order chi connectivity index (χ1) is 5.11. The molecule has 0 aromatic rings. The highest BCUT2D eigenvalue weighted by atomic mass is 16.6. The third-order valence-electron chi connectivity index (χ3n) is 2.33. The van der Waals surface area contributed by atoms with Gasteiger partial charge < -0.3 is 0 Å². The van der Waals surface area contributed by atoms with Crippen LogP contribution in [0, 0.1) is 16.0 Å². The molecule has 0 bridgehead atoms. The Morgan fingerprint density at radius 1 is 1.73 bits per heavy atom. The molecule has 0 aliphatic heterocycles. The van der Waals surface area contributed by atoms with Crippen molar-refractivity contribution in [2.75, 3.05) is 0 Å². The molecule has 0 radical (unpaired) electrons. The summed E-state index contributed by atoms with van der Waals surface area (Å²) in [6.07, 6.45) is 2.33. The van der Waals surface area contributed by atoms with Gasteiger partial charge in [-0.2, -0.15) is 0 Å². The highest BCUT2D eigenvalue weighted by molar-refractivity contribution is 5.00. The molecule has 2 unspecified atom stereocenters. The monoisotopic (exact) mass is 155 g/mol. The molecule has 2 atom stereocenters. The molecule has 0 saturated heterocycles. The third kappa shape index (κ3) is 1.79. The van der Waals surface area contributed by atoms with E-state index >= 15 is 0 Å². The van der Waals surface area contributed by atoms with Crippen LogP contribution >= 0.6 is 0 Å². The van der Waals surface area contributed by atoms with Crippen LogP contribution in [0.5, 0.6) is 0 Å². The van der Waals surface area contributed by atoms with E-state index in [1.54, 1.807) is 0 Å². The maximum atomic E-state index is 10.4. The van der Waals surface area contributed by atoms with E-state index in [9.17, 15) is 10.1 Å². The Hall–Kier alpha value is -0.860. The molecule has 1 saturated carbocycles. The van der Waals surface area contributed by atoms with Gasteiger partial charge in [0.2, 0.25) is 6.04 Å². The van der Waals surface area contributed by atoms with Gasteiger partial charge in [-0.25, -0.2) is 0 Å². The van der Waals surface area contributed by atoms with Gasteiger partial charge in [0, 0.05) is 17.3 Å². The fourth-order valence-electron chi connectivity index (χ4n) is 1.64. The van der Waals surface area contributed by atoms with Crippen molar-refractivity contribution in [3.05, 3.63) is 22.3 Å². The molecule has 0 aromatic carbocycles. The van der Waals surface area contributed by atoms with Crippen molar-refractivity contribution in [2.24, 2.45) is 5.92 Å². The first-order valence-electron chi connectivity index (χ1n) is 3.91. The van der Waals surface area contributed by atoms with E-state index in [0.717, 1.165) is 18.4 Å². The van der Waals surface area contributed by atoms with Crippen LogP contribution in [0.1, 0.15) is 26.2 Å². The zero-order valence-corrected chi connectivity index (χ0v) is 6.75. The van der Waals surface area contributed by atoms with E-state index in [1.165, 1.54) is 0 Å². The van der Waals surface area contributed by atoms with Crippen molar-refractivity contribution in [3.8, 4) is 0 Å². The number of nitro groups is 1. The van der Waals surface area contributed by atoms with Gasteiger partial charge in [0.05, 0.1) is 0 Å². The Kier molecular flexibility index (Phi) is 2.27. The Balaban J connectivity index is 2.57. The summed E-state index contributed by atoms with van der Waals surface area (Å²) in [5.74, 6) is 0.172. The van der Waals surface area contributed by atoms with Crippen molar-refractivity contribution in [2.45, 2.75) is 32.2 Å². The predicted octanol–water partition coefficient (Wildman–Crippen LogP) is 2.01. The number of hydrogen-bond acceptors (Lipinski definition) is 2. The molecule has 0 aromatic heterocycles. The second kappa shape index (κ2) is 3.03. The second-order valence-corrected chi connectivity index (χ2v) is 3.32. The van der Waals surface area contributed by atoms with E-state index in [-0.39, 0.29) is 16.9 Å². The Morgan fingerprint density at radius 2 is 2.36 bits per heavy atom. The van der Waals surface area contributed by atoms with E-state index < -0.39 is 0 Å². The average Bonchev–Trinajstić information content (AvgIpc) is 1.85. The van der Waals surface area contributed by atoms with Gasteiger partial charge >= 0.3 is 0 Å². The Labute approximate surface area is 66.3 Å². The molecule has 1 aliphatic carbocycles. The van der Waals surface area contributed by atoms with Gasteiger partial charge in [-0.15, -0.1) is 0 Å². The van der Waals surface area contributed by atoms with Crippen molar-refractivity contribution in [1.82, 2.24) is 0 Å². The average molecular weight is 155 g/mol. The van der Waals surface area contributed by atoms with Gasteiger partial charge in [0.1, 0.15) is 0 Å². The van der Waals surface area contributed by atoms with Crippen LogP contribution in [-0.2, 0) is 0 Å². The summed E-state index contributed by atoms with van der Waals surface area (Å²) in [7, 11) is 0. The van der Waals surface area contributed by atoms with Crippen LogP contribution < -0.4 is 0 Å². The van der Waals surface area contributed by atoms with E-state index in [1.807, 2.05) is 6.92 Å². The van der Waals surface area contributed by atoms with E-state index in [4.69, 9.17) is 0 Å². The van der Waals surface area contributed by atoms with Crippen LogP contribution in [0.25, 0.3) is 0 Å². The summed E-state index contributed by atoms with van der Waals surface area (Å²) in [5.41, 5.74) is 1.16. The van der Waals surface area contributed by atoms with Crippen LogP contribution in [-0.4, -0.2) is 11.0 Å². The van der Waals surface area contributed by atoms with E-state index in [2.05, 4.69) is 6.58 Å². The largest absolute Gasteiger partial charge is 0.264 e. The number of nitrogens with zero attached hydrogens (tertiary/aromatic N) is 1. The molecular formula is C8H13NO2. The molecular weight excluding hydrogens is 142 g/mol. The molecule has 1 rings (SSSR count). The Morgan fingerprint density at radius 3 is 2.82 bits per heavy atom. The highest BCUT2D eigenvalue weighted by Gasteiger charge is 2.31. The van der Waals surface area contributed by atoms with Crippen molar-refractivity contribution < 1.29 is 4.92 Å². The van der Waals surface area contributed by atoms with Gasteiger partial charge in [-0.3, -0.25) is 10.1 Å². The van der Waals surface area contributed by atoms with Crippen molar-refractivity contribution in [3.63, 3.8) is 0 Å². The number of allylic oxidation sites excluding steroid dienone is 1. The van der Waals surface area contributed by atoms with Crippen molar-refractivity contribution >= 4 is 0 Å². The molecule has 0 heterocycles. The zero-order valence-electron chi connectivity index (χ0n) is 6.75. The maximum absolute atomic E-state index is 10.4. The molecule has 62 valence electrons. The van der Waals surface area contributed by atoms with Crippen LogP contribution in [0.2, 0.25) is 0 Å². The minimum atomic E-state index is -0.333. The normalized spacial score (nSPS) is 31.9. The fraction of sp³-hybridized carbons (Fsp3) is 0.750. The first kappa shape index (κ1) is 8.24. The minimum absolute atomic E-state index is 0.156. The summed E-state index contributed by atoms with van der Waals surface area (Å²) in [6.45, 7) is 5.76. The summed E-state index contributed by atoms with van der Waals surface area (Å²) in [6, 6.07) is -0.333. The van der Waals surface area contributed by atoms with Gasteiger partial charge in [0.15, 0.2) is 0 Å². The molecule has 3 heteroatoms. The molecule has 0 amide bonds. The van der Waals surface area contributed by atoms with Crippen molar-refractivity contribution in [1.29, 1.82) is 0 Å². The summed E-state index contributed by atoms with van der Waals surface area (Å²) >= 11 is 0. The summed E-state index contributed by atoms with van der Waals surface area (Å²) < 4.78 is 0. The minimum Gasteiger partial charge on any atom is -0.264 e. The lowest BCUT2D eigenvalue weighted by Gasteiger charge is -2.23. The second-order valence-electron chi connectivity index (χ2n) is 3.32. The lowest BCUT2D eigenvalue weighted by molar-refractivity contribution is -0.533. The van der Waals surface area contributed by atoms with Crippen LogP contribution in [0.15, 0.2) is 12.2 Å². The Bertz CT molecular complexity index is 189. The molecule has 1 aliphatic rings. The molecule has 0 N–H and O–H groups in total. The van der Waals surface area contributed by atoms with Crippen LogP contribution in [0.3, 0.4) is 0 Å². The third-order valence-corrected chi connectivity index (χ3v) is 2.33. The molecule has 1 fully saturated rings. The maximum Gasteiger partial charge on any atom is 0.216 e. The summed E-state index contributed by atoms with van der Waals surface area (Å²) in [4.78, 5) is 10.3. The molecule has 3 nitrogen and oxygen atoms in total. The van der Waals surface area contributed by atoms with Gasteiger partial charge in [-0.1, -0.05) is 19.1 Å². The van der Waals surface area contributed by atoms with Crippen LogP contribution in [0.4, 0.5) is 0 Å². The predicted molar refractivity (Wildman–Crippen MR) is 42.9 cm³/mol. The topological polar surface area (TPSA) is 43.1 Å². The highest BCUT2D eigenvalue weighted by Crippen LogP contribution is 2.28. The quantitative estimate of drug-likeness (QED) is 0.330. The number of rotatable bonds is 1. The first-order valence-corrected chi connectivity index (χ1v) is 3.91. The number of hydrogen-bond donors (Lipinski definition) is 0. The zero-order chi connectivity index (χ0) is 8.43. The molecule has 11 heavy (non-hydrogen) atoms. The summed E-state index contributed by atoms with van der Waals surface area (Å²) in [5, 5.41) is 10.4. The standard InChI is InChI=1S/C8H13NO2/c1-6-3-4-8(9(10)11)7(2)5-6/h7-8H,1,3-5H2,2H3. The molecule has 0 spiro atoms. The lowest BCUT2D eigenvalue weighted by atomic mass is 9.84. The fourth-order valence-corrected chi connectivity index (χ4v) is 1.64.